The minimum absolute atomic E-state index is 0.0975. The summed E-state index contributed by atoms with van der Waals surface area (Å²) >= 11 is 0. The maximum Gasteiger partial charge on any atom is 0.391 e. The van der Waals surface area contributed by atoms with E-state index in [9.17, 15) is 18.0 Å². The fourth-order valence-electron chi connectivity index (χ4n) is 0.868. The molecular weight excluding hydrogens is 197 g/mol. The molecule has 0 bridgehead atoms. The number of alkyl halides is 3. The summed E-state index contributed by atoms with van der Waals surface area (Å²) in [5.41, 5.74) is 0. The fourth-order valence-corrected chi connectivity index (χ4v) is 0.868. The number of unbranched alkanes of at least 4 members (excludes halogenated alkanes) is 1. The Morgan fingerprint density at radius 2 is 1.86 bits per heavy atom. The summed E-state index contributed by atoms with van der Waals surface area (Å²) in [4.78, 5) is 10.5. The maximum absolute atomic E-state index is 11.6. The van der Waals surface area contributed by atoms with E-state index in [1.807, 2.05) is 0 Å². The quantitative estimate of drug-likeness (QED) is 0.606. The maximum atomic E-state index is 11.6. The van der Waals surface area contributed by atoms with Crippen molar-refractivity contribution in [2.45, 2.75) is 38.8 Å². The summed E-state index contributed by atoms with van der Waals surface area (Å²) < 4.78 is 39.6. The van der Waals surface area contributed by atoms with Gasteiger partial charge < -0.3 is 9.53 Å². The normalized spacial score (nSPS) is 11.7. The van der Waals surface area contributed by atoms with Gasteiger partial charge in [0.1, 0.15) is 5.78 Å². The molecule has 0 aromatic heterocycles. The van der Waals surface area contributed by atoms with Crippen molar-refractivity contribution in [3.63, 3.8) is 0 Å². The third kappa shape index (κ3) is 11.4. The monoisotopic (exact) mass is 212 g/mol. The van der Waals surface area contributed by atoms with Crippen molar-refractivity contribution in [3.8, 4) is 0 Å². The first kappa shape index (κ1) is 13.4. The van der Waals surface area contributed by atoms with Gasteiger partial charge in [0, 0.05) is 13.0 Å². The molecule has 0 unspecified atom stereocenters. The molecule has 0 aliphatic carbocycles. The van der Waals surface area contributed by atoms with Crippen LogP contribution in [0.15, 0.2) is 0 Å². The molecule has 2 nitrogen and oxygen atoms in total. The molecule has 0 atom stereocenters. The zero-order valence-corrected chi connectivity index (χ0v) is 8.19. The van der Waals surface area contributed by atoms with Gasteiger partial charge in [-0.3, -0.25) is 0 Å². The van der Waals surface area contributed by atoms with E-state index in [1.54, 1.807) is 0 Å². The Hall–Kier alpha value is -0.580. The van der Waals surface area contributed by atoms with Crippen LogP contribution >= 0.6 is 0 Å². The first-order chi connectivity index (χ1) is 6.42. The van der Waals surface area contributed by atoms with Crippen LogP contribution < -0.4 is 0 Å². The lowest BCUT2D eigenvalue weighted by molar-refractivity contribution is -0.145. The number of ether oxygens (including phenoxy) is 1. The Kier molecular flexibility index (Phi) is 6.53. The molecule has 0 fully saturated rings. The zero-order valence-electron chi connectivity index (χ0n) is 8.19. The smallest absolute Gasteiger partial charge is 0.381 e. The number of ketones is 1. The van der Waals surface area contributed by atoms with E-state index < -0.39 is 12.6 Å². The van der Waals surface area contributed by atoms with Crippen LogP contribution in [0.4, 0.5) is 13.2 Å². The largest absolute Gasteiger partial charge is 0.391 e. The first-order valence-corrected chi connectivity index (χ1v) is 4.56. The van der Waals surface area contributed by atoms with Gasteiger partial charge in [0.15, 0.2) is 0 Å². The molecule has 0 aliphatic rings. The Morgan fingerprint density at radius 1 is 1.21 bits per heavy atom. The van der Waals surface area contributed by atoms with Crippen molar-refractivity contribution in [1.82, 2.24) is 0 Å². The second-order valence-corrected chi connectivity index (χ2v) is 3.14. The van der Waals surface area contributed by atoms with E-state index in [2.05, 4.69) is 0 Å². The summed E-state index contributed by atoms with van der Waals surface area (Å²) in [6.45, 7) is 1.50. The van der Waals surface area contributed by atoms with Crippen molar-refractivity contribution >= 4 is 5.78 Å². The molecule has 0 aromatic carbocycles. The van der Waals surface area contributed by atoms with Crippen LogP contribution in [0.5, 0.6) is 0 Å². The minimum atomic E-state index is -4.14. The zero-order chi connectivity index (χ0) is 11.0. The fraction of sp³-hybridized carbons (Fsp3) is 0.889. The molecule has 14 heavy (non-hydrogen) atoms. The van der Waals surface area contributed by atoms with Crippen molar-refractivity contribution in [3.05, 3.63) is 0 Å². The first-order valence-electron chi connectivity index (χ1n) is 4.56. The number of rotatable bonds is 7. The molecule has 0 radical (unpaired) electrons. The van der Waals surface area contributed by atoms with Crippen LogP contribution in [0.2, 0.25) is 0 Å². The SMILES string of the molecule is CC(=O)CCCCOCCC(F)(F)F. The number of carbonyl (C=O) groups excluding carboxylic acids is 1. The average Bonchev–Trinajstić information content (AvgIpc) is 2.00. The highest BCUT2D eigenvalue weighted by molar-refractivity contribution is 5.75. The molecule has 0 aromatic rings. The molecule has 0 aliphatic heterocycles. The number of halogens is 3. The van der Waals surface area contributed by atoms with E-state index in [1.165, 1.54) is 6.92 Å². The van der Waals surface area contributed by atoms with Crippen LogP contribution in [0.3, 0.4) is 0 Å². The molecule has 0 saturated carbocycles. The second kappa shape index (κ2) is 6.81. The van der Waals surface area contributed by atoms with E-state index in [4.69, 9.17) is 4.74 Å². The van der Waals surface area contributed by atoms with Gasteiger partial charge in [0.2, 0.25) is 0 Å². The Labute approximate surface area is 81.4 Å². The highest BCUT2D eigenvalue weighted by atomic mass is 19.4. The van der Waals surface area contributed by atoms with Gasteiger partial charge in [0.05, 0.1) is 13.0 Å². The molecule has 0 heterocycles. The summed E-state index contributed by atoms with van der Waals surface area (Å²) in [5, 5.41) is 0. The predicted octanol–water partition coefficient (Wildman–Crippen LogP) is 2.71. The van der Waals surface area contributed by atoms with Crippen molar-refractivity contribution in [2.24, 2.45) is 0 Å². The number of hydrogen-bond acceptors (Lipinski definition) is 2. The van der Waals surface area contributed by atoms with Gasteiger partial charge >= 0.3 is 6.18 Å². The van der Waals surface area contributed by atoms with E-state index >= 15 is 0 Å². The lowest BCUT2D eigenvalue weighted by Gasteiger charge is -2.06. The van der Waals surface area contributed by atoms with E-state index in [-0.39, 0.29) is 12.4 Å². The molecule has 84 valence electrons. The van der Waals surface area contributed by atoms with Crippen LogP contribution in [-0.4, -0.2) is 25.2 Å². The molecule has 0 N–H and O–H groups in total. The third-order valence-electron chi connectivity index (χ3n) is 1.60. The molecule has 0 spiro atoms. The number of hydrogen-bond donors (Lipinski definition) is 0. The van der Waals surface area contributed by atoms with Crippen LogP contribution in [0, 0.1) is 0 Å². The standard InChI is InChI=1S/C9H15F3O2/c1-8(13)4-2-3-6-14-7-5-9(10,11)12/h2-7H2,1H3. The highest BCUT2D eigenvalue weighted by Crippen LogP contribution is 2.18. The number of Topliss-reactive ketones (excluding diaryl/α,β-unsaturated/α-hetero) is 1. The molecule has 0 rings (SSSR count). The van der Waals surface area contributed by atoms with E-state index in [0.717, 1.165) is 0 Å². The summed E-state index contributed by atoms with van der Waals surface area (Å²) in [5.74, 6) is 0.0975. The number of carbonyl (C=O) groups is 1. The van der Waals surface area contributed by atoms with E-state index in [0.29, 0.717) is 25.9 Å². The van der Waals surface area contributed by atoms with Gasteiger partial charge in [-0.2, -0.15) is 13.2 Å². The van der Waals surface area contributed by atoms with Crippen LogP contribution in [-0.2, 0) is 9.53 Å². The average molecular weight is 212 g/mol. The lowest BCUT2D eigenvalue weighted by atomic mass is 10.2. The second-order valence-electron chi connectivity index (χ2n) is 3.14. The minimum Gasteiger partial charge on any atom is -0.381 e. The van der Waals surface area contributed by atoms with Gasteiger partial charge in [-0.15, -0.1) is 0 Å². The lowest BCUT2D eigenvalue weighted by Crippen LogP contribution is -2.11. The summed E-state index contributed by atoms with van der Waals surface area (Å²) in [6.07, 6.45) is -3.25. The van der Waals surface area contributed by atoms with Crippen molar-refractivity contribution < 1.29 is 22.7 Å². The highest BCUT2D eigenvalue weighted by Gasteiger charge is 2.26. The van der Waals surface area contributed by atoms with Gasteiger partial charge in [-0.25, -0.2) is 0 Å². The molecular formula is C9H15F3O2. The Bertz CT molecular complexity index is 166. The third-order valence-corrected chi connectivity index (χ3v) is 1.60. The van der Waals surface area contributed by atoms with Crippen LogP contribution in [0.25, 0.3) is 0 Å². The topological polar surface area (TPSA) is 26.3 Å². The van der Waals surface area contributed by atoms with Crippen molar-refractivity contribution in [2.75, 3.05) is 13.2 Å². The summed E-state index contributed by atoms with van der Waals surface area (Å²) in [7, 11) is 0. The van der Waals surface area contributed by atoms with Gasteiger partial charge in [-0.05, 0) is 19.8 Å². The summed E-state index contributed by atoms with van der Waals surface area (Å²) in [6, 6.07) is 0. The van der Waals surface area contributed by atoms with Gasteiger partial charge in [-0.1, -0.05) is 0 Å². The Balaban J connectivity index is 3.11. The van der Waals surface area contributed by atoms with Gasteiger partial charge in [0.25, 0.3) is 0 Å². The Morgan fingerprint density at radius 3 is 2.36 bits per heavy atom. The molecule has 0 amide bonds. The molecule has 0 saturated heterocycles. The van der Waals surface area contributed by atoms with Crippen molar-refractivity contribution in [1.29, 1.82) is 0 Å². The predicted molar refractivity (Wildman–Crippen MR) is 46.0 cm³/mol. The van der Waals surface area contributed by atoms with Crippen LogP contribution in [0.1, 0.15) is 32.6 Å². The molecule has 5 heteroatoms.